The topological polar surface area (TPSA) is 142 Å². The summed E-state index contributed by atoms with van der Waals surface area (Å²) in [7, 11) is 2.33. The molecule has 4 N–H and O–H groups in total. The van der Waals surface area contributed by atoms with Gasteiger partial charge in [0.2, 0.25) is 5.66 Å². The standard InChI is InChI=1S/C9H12F3N5O4/c1-15(2)8(14)5(16(18)19)3-4(9(10,11)12)6(13)7(8)17(20)21/h3,7H,13-14H2,1-2H3. The molecular formula is C9H12F3N5O4. The van der Waals surface area contributed by atoms with Gasteiger partial charge in [-0.05, 0) is 14.1 Å². The predicted molar refractivity (Wildman–Crippen MR) is 63.7 cm³/mol. The maximum absolute atomic E-state index is 12.8. The Morgan fingerprint density at radius 2 is 1.81 bits per heavy atom. The number of likely N-dealkylation sites (N-methyl/N-ethyl adjacent to an activating group) is 1. The van der Waals surface area contributed by atoms with Crippen LogP contribution in [0.25, 0.3) is 0 Å². The summed E-state index contributed by atoms with van der Waals surface area (Å²) in [5, 5.41) is 22.1. The number of hydrogen-bond donors (Lipinski definition) is 2. The van der Waals surface area contributed by atoms with Crippen molar-refractivity contribution < 1.29 is 23.0 Å². The van der Waals surface area contributed by atoms with Crippen molar-refractivity contribution in [3.8, 4) is 0 Å². The van der Waals surface area contributed by atoms with Crippen molar-refractivity contribution in [2.75, 3.05) is 14.1 Å². The highest BCUT2D eigenvalue weighted by Gasteiger charge is 2.61. The van der Waals surface area contributed by atoms with E-state index in [-0.39, 0.29) is 6.08 Å². The quantitative estimate of drug-likeness (QED) is 0.417. The van der Waals surface area contributed by atoms with Crippen molar-refractivity contribution in [3.63, 3.8) is 0 Å². The van der Waals surface area contributed by atoms with Gasteiger partial charge in [-0.15, -0.1) is 0 Å². The largest absolute Gasteiger partial charge is 0.418 e. The first-order valence-electron chi connectivity index (χ1n) is 5.38. The molecule has 0 aromatic heterocycles. The zero-order valence-electron chi connectivity index (χ0n) is 10.9. The molecule has 0 aromatic carbocycles. The lowest BCUT2D eigenvalue weighted by Crippen LogP contribution is -2.68. The van der Waals surface area contributed by atoms with Gasteiger partial charge in [0.05, 0.1) is 16.2 Å². The molecule has 118 valence electrons. The van der Waals surface area contributed by atoms with Crippen molar-refractivity contribution in [1.29, 1.82) is 0 Å². The van der Waals surface area contributed by atoms with Gasteiger partial charge in [0.25, 0.3) is 11.7 Å². The normalized spacial score (nSPS) is 26.8. The zero-order chi connectivity index (χ0) is 16.7. The van der Waals surface area contributed by atoms with Gasteiger partial charge in [0.15, 0.2) is 0 Å². The minimum Gasteiger partial charge on any atom is -0.396 e. The molecule has 1 aliphatic carbocycles. The Labute approximate surface area is 116 Å². The smallest absolute Gasteiger partial charge is 0.396 e. The van der Waals surface area contributed by atoms with Crippen LogP contribution in [0.15, 0.2) is 23.0 Å². The molecule has 0 saturated heterocycles. The Bertz CT molecular complexity index is 556. The van der Waals surface area contributed by atoms with E-state index in [1.807, 2.05) is 0 Å². The van der Waals surface area contributed by atoms with Crippen LogP contribution in [0, 0.1) is 20.2 Å². The van der Waals surface area contributed by atoms with Crippen LogP contribution in [0.2, 0.25) is 0 Å². The maximum atomic E-state index is 12.8. The number of nitro groups is 2. The molecule has 0 radical (unpaired) electrons. The molecule has 0 heterocycles. The fraction of sp³-hybridized carbons (Fsp3) is 0.556. The Balaban J connectivity index is 3.74. The molecule has 0 saturated carbocycles. The van der Waals surface area contributed by atoms with E-state index < -0.39 is 44.7 Å². The molecule has 0 spiro atoms. The summed E-state index contributed by atoms with van der Waals surface area (Å²) in [6.07, 6.45) is -4.94. The van der Waals surface area contributed by atoms with Gasteiger partial charge >= 0.3 is 6.18 Å². The van der Waals surface area contributed by atoms with Gasteiger partial charge in [0, 0.05) is 11.0 Å². The first-order chi connectivity index (χ1) is 9.35. The molecule has 0 aliphatic heterocycles. The van der Waals surface area contributed by atoms with E-state index in [0.717, 1.165) is 4.90 Å². The van der Waals surface area contributed by atoms with Crippen LogP contribution in [-0.4, -0.2) is 46.7 Å². The van der Waals surface area contributed by atoms with Crippen LogP contribution in [0.5, 0.6) is 0 Å². The summed E-state index contributed by atoms with van der Waals surface area (Å²) in [4.78, 5) is 20.6. The minimum atomic E-state index is -5.08. The first-order valence-corrected chi connectivity index (χ1v) is 5.38. The molecule has 1 rings (SSSR count). The highest BCUT2D eigenvalue weighted by molar-refractivity contribution is 5.42. The summed E-state index contributed by atoms with van der Waals surface area (Å²) >= 11 is 0. The number of halogens is 3. The second-order valence-corrected chi connectivity index (χ2v) is 4.56. The summed E-state index contributed by atoms with van der Waals surface area (Å²) in [5.41, 5.74) is 4.53. The van der Waals surface area contributed by atoms with Crippen LogP contribution in [-0.2, 0) is 0 Å². The van der Waals surface area contributed by atoms with Gasteiger partial charge in [-0.2, -0.15) is 13.2 Å². The molecule has 1 aliphatic rings. The Hall–Kier alpha value is -2.21. The molecular weight excluding hydrogens is 299 g/mol. The van der Waals surface area contributed by atoms with Crippen LogP contribution >= 0.6 is 0 Å². The highest BCUT2D eigenvalue weighted by Crippen LogP contribution is 2.39. The lowest BCUT2D eigenvalue weighted by atomic mass is 9.85. The monoisotopic (exact) mass is 311 g/mol. The number of allylic oxidation sites excluding steroid dienone is 2. The number of nitrogens with zero attached hydrogens (tertiary/aromatic N) is 3. The molecule has 0 amide bonds. The Morgan fingerprint density at radius 3 is 2.10 bits per heavy atom. The fourth-order valence-corrected chi connectivity index (χ4v) is 2.05. The summed E-state index contributed by atoms with van der Waals surface area (Å²) in [5.74, 6) is 0. The highest BCUT2D eigenvalue weighted by atomic mass is 19.4. The second kappa shape index (κ2) is 4.96. The number of hydrogen-bond acceptors (Lipinski definition) is 7. The zero-order valence-corrected chi connectivity index (χ0v) is 10.9. The molecule has 0 aromatic rings. The van der Waals surface area contributed by atoms with E-state index in [2.05, 4.69) is 0 Å². The molecule has 21 heavy (non-hydrogen) atoms. The molecule has 9 nitrogen and oxygen atoms in total. The van der Waals surface area contributed by atoms with E-state index >= 15 is 0 Å². The third-order valence-corrected chi connectivity index (χ3v) is 3.17. The van der Waals surface area contributed by atoms with Gasteiger partial charge < -0.3 is 5.73 Å². The van der Waals surface area contributed by atoms with E-state index in [0.29, 0.717) is 0 Å². The third-order valence-electron chi connectivity index (χ3n) is 3.17. The number of alkyl halides is 3. The van der Waals surface area contributed by atoms with Crippen molar-refractivity contribution in [2.45, 2.75) is 17.9 Å². The van der Waals surface area contributed by atoms with Crippen LogP contribution in [0.4, 0.5) is 13.2 Å². The molecule has 12 heteroatoms. The maximum Gasteiger partial charge on any atom is 0.418 e. The third kappa shape index (κ3) is 2.54. The number of nitrogens with two attached hydrogens (primary N) is 2. The predicted octanol–water partition coefficient (Wildman–Crippen LogP) is -0.202. The van der Waals surface area contributed by atoms with Gasteiger partial charge in [0.1, 0.15) is 0 Å². The molecule has 2 unspecified atom stereocenters. The van der Waals surface area contributed by atoms with Gasteiger partial charge in [-0.25, -0.2) is 0 Å². The van der Waals surface area contributed by atoms with E-state index in [4.69, 9.17) is 11.5 Å². The summed E-state index contributed by atoms with van der Waals surface area (Å²) in [6, 6.07) is -2.31. The van der Waals surface area contributed by atoms with E-state index in [9.17, 15) is 33.4 Å². The van der Waals surface area contributed by atoms with Gasteiger partial charge in [-0.3, -0.25) is 30.9 Å². The average Bonchev–Trinajstić information content (AvgIpc) is 2.25. The first kappa shape index (κ1) is 16.8. The van der Waals surface area contributed by atoms with Crippen molar-refractivity contribution in [2.24, 2.45) is 11.5 Å². The number of rotatable bonds is 3. The van der Waals surface area contributed by atoms with Crippen molar-refractivity contribution in [1.82, 2.24) is 4.90 Å². The van der Waals surface area contributed by atoms with Crippen LogP contribution in [0.3, 0.4) is 0 Å². The van der Waals surface area contributed by atoms with Crippen molar-refractivity contribution in [3.05, 3.63) is 43.3 Å². The van der Waals surface area contributed by atoms with Crippen LogP contribution in [0.1, 0.15) is 0 Å². The summed E-state index contributed by atoms with van der Waals surface area (Å²) in [6.45, 7) is 0. The fourth-order valence-electron chi connectivity index (χ4n) is 2.05. The summed E-state index contributed by atoms with van der Waals surface area (Å²) < 4.78 is 38.5. The van der Waals surface area contributed by atoms with E-state index in [1.165, 1.54) is 14.1 Å². The minimum absolute atomic E-state index is 0.134. The van der Waals surface area contributed by atoms with E-state index in [1.54, 1.807) is 0 Å². The molecule has 2 atom stereocenters. The van der Waals surface area contributed by atoms with Gasteiger partial charge in [-0.1, -0.05) is 0 Å². The molecule has 0 fully saturated rings. The van der Waals surface area contributed by atoms with Crippen LogP contribution < -0.4 is 11.5 Å². The molecule has 0 bridgehead atoms. The lowest BCUT2D eigenvalue weighted by molar-refractivity contribution is -0.541. The second-order valence-electron chi connectivity index (χ2n) is 4.56. The van der Waals surface area contributed by atoms with Crippen molar-refractivity contribution >= 4 is 0 Å². The SMILES string of the molecule is CN(C)C1(N)C([N+](=O)[O-])=CC(C(F)(F)F)=C(N)C1[N+](=O)[O-]. The average molecular weight is 311 g/mol. The Kier molecular flexibility index (Phi) is 3.98. The Morgan fingerprint density at radius 1 is 1.33 bits per heavy atom. The lowest BCUT2D eigenvalue weighted by Gasteiger charge is -2.37.